The van der Waals surface area contributed by atoms with Crippen molar-refractivity contribution < 1.29 is 5.11 Å². The molecule has 0 amide bonds. The molecule has 0 saturated heterocycles. The molecule has 2 aromatic rings. The average molecular weight is 290 g/mol. The highest BCUT2D eigenvalue weighted by molar-refractivity contribution is 5.16. The SMILES string of the molecule is CNCCCCn1c(O)cn(NCc2ccccc2)c1=O. The highest BCUT2D eigenvalue weighted by Crippen LogP contribution is 2.07. The number of nitrogens with one attached hydrogen (secondary N) is 2. The van der Waals surface area contributed by atoms with E-state index < -0.39 is 0 Å². The van der Waals surface area contributed by atoms with Gasteiger partial charge in [0, 0.05) is 6.54 Å². The van der Waals surface area contributed by atoms with Gasteiger partial charge in [-0.25, -0.2) is 9.47 Å². The van der Waals surface area contributed by atoms with Crippen LogP contribution in [0.15, 0.2) is 41.3 Å². The molecular formula is C15H22N4O2. The second-order valence-corrected chi connectivity index (χ2v) is 4.92. The zero-order valence-corrected chi connectivity index (χ0v) is 12.2. The lowest BCUT2D eigenvalue weighted by molar-refractivity contribution is 0.407. The summed E-state index contributed by atoms with van der Waals surface area (Å²) in [6.45, 7) is 1.96. The summed E-state index contributed by atoms with van der Waals surface area (Å²) in [4.78, 5) is 12.2. The van der Waals surface area contributed by atoms with Crippen LogP contribution in [0.1, 0.15) is 18.4 Å². The number of hydrogen-bond acceptors (Lipinski definition) is 4. The maximum atomic E-state index is 12.2. The minimum absolute atomic E-state index is 0.00924. The largest absolute Gasteiger partial charge is 0.493 e. The first-order chi connectivity index (χ1) is 10.2. The molecular weight excluding hydrogens is 268 g/mol. The van der Waals surface area contributed by atoms with Gasteiger partial charge in [-0.15, -0.1) is 0 Å². The zero-order valence-electron chi connectivity index (χ0n) is 12.2. The van der Waals surface area contributed by atoms with Crippen LogP contribution in [0.25, 0.3) is 0 Å². The van der Waals surface area contributed by atoms with Crippen molar-refractivity contribution in [2.24, 2.45) is 0 Å². The van der Waals surface area contributed by atoms with Gasteiger partial charge >= 0.3 is 5.69 Å². The Labute approximate surface area is 124 Å². The molecule has 0 radical (unpaired) electrons. The van der Waals surface area contributed by atoms with E-state index in [4.69, 9.17) is 0 Å². The molecule has 2 rings (SSSR count). The lowest BCUT2D eigenvalue weighted by Gasteiger charge is -2.06. The Morgan fingerprint density at radius 3 is 2.67 bits per heavy atom. The summed E-state index contributed by atoms with van der Waals surface area (Å²) in [6.07, 6.45) is 3.23. The standard InChI is InChI=1S/C15H22N4O2/c1-16-9-5-6-10-18-14(20)12-19(15(18)21)17-11-13-7-3-2-4-8-13/h2-4,7-8,12,16-17,20H,5-6,9-11H2,1H3. The minimum Gasteiger partial charge on any atom is -0.493 e. The van der Waals surface area contributed by atoms with Gasteiger partial charge in [-0.3, -0.25) is 4.57 Å². The number of hydrogen-bond donors (Lipinski definition) is 3. The summed E-state index contributed by atoms with van der Waals surface area (Å²) in [6, 6.07) is 9.80. The molecule has 0 saturated carbocycles. The third kappa shape index (κ3) is 4.13. The van der Waals surface area contributed by atoms with Crippen LogP contribution in [0.4, 0.5) is 0 Å². The van der Waals surface area contributed by atoms with Crippen molar-refractivity contribution in [1.82, 2.24) is 14.6 Å². The second kappa shape index (κ2) is 7.54. The predicted octanol–water partition coefficient (Wildman–Crippen LogP) is 1.10. The lowest BCUT2D eigenvalue weighted by Crippen LogP contribution is -2.30. The molecule has 114 valence electrons. The summed E-state index contributed by atoms with van der Waals surface area (Å²) in [7, 11) is 1.90. The van der Waals surface area contributed by atoms with E-state index in [1.54, 1.807) is 0 Å². The van der Waals surface area contributed by atoms with E-state index in [9.17, 15) is 9.90 Å². The van der Waals surface area contributed by atoms with Crippen LogP contribution in [0.5, 0.6) is 5.88 Å². The van der Waals surface area contributed by atoms with E-state index >= 15 is 0 Å². The summed E-state index contributed by atoms with van der Waals surface area (Å²) in [5.74, 6) is -0.00924. The van der Waals surface area contributed by atoms with Crippen LogP contribution in [0.3, 0.4) is 0 Å². The molecule has 0 aliphatic rings. The molecule has 0 unspecified atom stereocenters. The normalized spacial score (nSPS) is 10.7. The van der Waals surface area contributed by atoms with Crippen LogP contribution in [-0.4, -0.2) is 27.9 Å². The van der Waals surface area contributed by atoms with Gasteiger partial charge in [0.05, 0.1) is 12.7 Å². The molecule has 3 N–H and O–H groups in total. The molecule has 0 spiro atoms. The van der Waals surface area contributed by atoms with E-state index in [1.165, 1.54) is 15.4 Å². The molecule has 1 aromatic carbocycles. The first-order valence-corrected chi connectivity index (χ1v) is 7.16. The molecule has 0 fully saturated rings. The molecule has 1 heterocycles. The molecule has 0 atom stereocenters. The van der Waals surface area contributed by atoms with Crippen molar-refractivity contribution in [1.29, 1.82) is 0 Å². The highest BCUT2D eigenvalue weighted by atomic mass is 16.3. The van der Waals surface area contributed by atoms with Crippen molar-refractivity contribution in [3.63, 3.8) is 0 Å². The maximum Gasteiger partial charge on any atom is 0.349 e. The minimum atomic E-state index is -0.243. The molecule has 1 aromatic heterocycles. The summed E-state index contributed by atoms with van der Waals surface area (Å²) in [5, 5.41) is 12.9. The Morgan fingerprint density at radius 2 is 1.95 bits per heavy atom. The summed E-state index contributed by atoms with van der Waals surface area (Å²) in [5.41, 5.74) is 3.84. The van der Waals surface area contributed by atoms with Gasteiger partial charge in [0.1, 0.15) is 0 Å². The Hall–Kier alpha value is -2.21. The van der Waals surface area contributed by atoms with Crippen LogP contribution in [-0.2, 0) is 13.1 Å². The smallest absolute Gasteiger partial charge is 0.349 e. The van der Waals surface area contributed by atoms with Crippen LogP contribution in [0.2, 0.25) is 0 Å². The van der Waals surface area contributed by atoms with Gasteiger partial charge in [0.25, 0.3) is 0 Å². The van der Waals surface area contributed by atoms with Gasteiger partial charge in [-0.1, -0.05) is 30.3 Å². The lowest BCUT2D eigenvalue weighted by atomic mass is 10.2. The molecule has 0 aliphatic heterocycles. The zero-order chi connectivity index (χ0) is 15.1. The fraction of sp³-hybridized carbons (Fsp3) is 0.400. The van der Waals surface area contributed by atoms with Crippen LogP contribution >= 0.6 is 0 Å². The fourth-order valence-electron chi connectivity index (χ4n) is 2.14. The van der Waals surface area contributed by atoms with Crippen molar-refractivity contribution in [2.45, 2.75) is 25.9 Å². The molecule has 0 aliphatic carbocycles. The van der Waals surface area contributed by atoms with Crippen LogP contribution in [0, 0.1) is 0 Å². The Kier molecular flexibility index (Phi) is 5.45. The number of aromatic nitrogens is 2. The Bertz CT molecular complexity index is 604. The summed E-state index contributed by atoms with van der Waals surface area (Å²) < 4.78 is 2.72. The predicted molar refractivity (Wildman–Crippen MR) is 83.0 cm³/mol. The molecule has 21 heavy (non-hydrogen) atoms. The molecule has 0 bridgehead atoms. The fourth-order valence-corrected chi connectivity index (χ4v) is 2.14. The number of benzene rings is 1. The van der Waals surface area contributed by atoms with Crippen molar-refractivity contribution in [2.75, 3.05) is 19.0 Å². The summed E-state index contributed by atoms with van der Waals surface area (Å²) >= 11 is 0. The van der Waals surface area contributed by atoms with E-state index in [0.29, 0.717) is 13.1 Å². The maximum absolute atomic E-state index is 12.2. The van der Waals surface area contributed by atoms with Gasteiger partial charge in [0.2, 0.25) is 5.88 Å². The third-order valence-electron chi connectivity index (χ3n) is 3.31. The second-order valence-electron chi connectivity index (χ2n) is 4.92. The van der Waals surface area contributed by atoms with Gasteiger partial charge < -0.3 is 15.8 Å². The monoisotopic (exact) mass is 290 g/mol. The van der Waals surface area contributed by atoms with Gasteiger partial charge in [0.15, 0.2) is 0 Å². The van der Waals surface area contributed by atoms with Crippen molar-refractivity contribution in [3.8, 4) is 5.88 Å². The average Bonchev–Trinajstić information content (AvgIpc) is 2.77. The quantitative estimate of drug-likeness (QED) is 0.637. The highest BCUT2D eigenvalue weighted by Gasteiger charge is 2.09. The number of rotatable bonds is 8. The third-order valence-corrected chi connectivity index (χ3v) is 3.31. The van der Waals surface area contributed by atoms with Crippen molar-refractivity contribution >= 4 is 0 Å². The number of imidazole rings is 1. The van der Waals surface area contributed by atoms with E-state index in [2.05, 4.69) is 10.7 Å². The van der Waals surface area contributed by atoms with Crippen LogP contribution < -0.4 is 16.4 Å². The van der Waals surface area contributed by atoms with E-state index in [-0.39, 0.29) is 11.6 Å². The molecule has 6 heteroatoms. The Balaban J connectivity index is 1.96. The van der Waals surface area contributed by atoms with Gasteiger partial charge in [-0.05, 0) is 32.0 Å². The van der Waals surface area contributed by atoms with Gasteiger partial charge in [-0.2, -0.15) is 0 Å². The molecule has 6 nitrogen and oxygen atoms in total. The van der Waals surface area contributed by atoms with Crippen molar-refractivity contribution in [3.05, 3.63) is 52.6 Å². The topological polar surface area (TPSA) is 71.2 Å². The number of unbranched alkanes of at least 4 members (excludes halogenated alkanes) is 1. The first kappa shape index (κ1) is 15.2. The number of nitrogens with zero attached hydrogens (tertiary/aromatic N) is 2. The first-order valence-electron chi connectivity index (χ1n) is 7.16. The Morgan fingerprint density at radius 1 is 1.19 bits per heavy atom. The number of aromatic hydroxyl groups is 1. The van der Waals surface area contributed by atoms with E-state index in [0.717, 1.165) is 24.9 Å². The van der Waals surface area contributed by atoms with E-state index in [1.807, 2.05) is 37.4 Å².